The van der Waals surface area contributed by atoms with Gasteiger partial charge in [0.25, 0.3) is 0 Å². The quantitative estimate of drug-likeness (QED) is 0.788. The third-order valence-corrected chi connectivity index (χ3v) is 3.46. The summed E-state index contributed by atoms with van der Waals surface area (Å²) in [5, 5.41) is 2.43. The molecule has 8 heteroatoms. The molecule has 0 atom stereocenters. The Hall–Kier alpha value is -2.12. The fourth-order valence-corrected chi connectivity index (χ4v) is 2.22. The van der Waals surface area contributed by atoms with Gasteiger partial charge in [-0.05, 0) is 27.7 Å². The fourth-order valence-electron chi connectivity index (χ4n) is 2.22. The first kappa shape index (κ1) is 19.9. The lowest BCUT2D eigenvalue weighted by molar-refractivity contribution is -0.139. The first-order chi connectivity index (χ1) is 11.1. The molecule has 136 valence electrons. The predicted octanol–water partition coefficient (Wildman–Crippen LogP) is 0.551. The van der Waals surface area contributed by atoms with Gasteiger partial charge in [0.05, 0.1) is 0 Å². The summed E-state index contributed by atoms with van der Waals surface area (Å²) < 4.78 is 5.07. The summed E-state index contributed by atoms with van der Waals surface area (Å²) in [6, 6.07) is 0. The Morgan fingerprint density at radius 2 is 1.42 bits per heavy atom. The number of ketones is 1. The molecule has 1 heterocycles. The van der Waals surface area contributed by atoms with Crippen LogP contribution in [0.25, 0.3) is 0 Å². The molecule has 0 aromatic carbocycles. The Kier molecular flexibility index (Phi) is 7.18. The summed E-state index contributed by atoms with van der Waals surface area (Å²) >= 11 is 0. The second kappa shape index (κ2) is 8.65. The zero-order chi connectivity index (χ0) is 18.3. The second-order valence-corrected chi connectivity index (χ2v) is 6.82. The topological polar surface area (TPSA) is 96.0 Å². The van der Waals surface area contributed by atoms with Gasteiger partial charge in [0.2, 0.25) is 11.8 Å². The Balaban J connectivity index is 2.31. The van der Waals surface area contributed by atoms with E-state index < -0.39 is 11.7 Å². The van der Waals surface area contributed by atoms with Gasteiger partial charge in [0.1, 0.15) is 17.9 Å². The lowest BCUT2D eigenvalue weighted by Gasteiger charge is -2.35. The van der Waals surface area contributed by atoms with Crippen LogP contribution >= 0.6 is 0 Å². The van der Waals surface area contributed by atoms with E-state index in [2.05, 4.69) is 5.32 Å². The number of piperazine rings is 1. The minimum absolute atomic E-state index is 0.00891. The van der Waals surface area contributed by atoms with E-state index in [1.54, 1.807) is 30.6 Å². The number of Topliss-reactive ketones (excluding diaryl/α,β-unsaturated/α-hetero) is 1. The molecule has 0 aliphatic carbocycles. The second-order valence-electron chi connectivity index (χ2n) is 6.82. The molecular formula is C16H27N3O5. The normalized spacial score (nSPS) is 15.0. The average Bonchev–Trinajstić information content (AvgIpc) is 2.48. The number of carbonyl (C=O) groups excluding carboxylic acids is 4. The van der Waals surface area contributed by atoms with Crippen molar-refractivity contribution in [1.29, 1.82) is 0 Å². The molecule has 1 N–H and O–H groups in total. The van der Waals surface area contributed by atoms with Crippen LogP contribution in [0.4, 0.5) is 4.79 Å². The van der Waals surface area contributed by atoms with E-state index in [0.29, 0.717) is 26.2 Å². The van der Waals surface area contributed by atoms with Crippen molar-refractivity contribution in [2.24, 2.45) is 0 Å². The molecule has 8 nitrogen and oxygen atoms in total. The lowest BCUT2D eigenvalue weighted by atomic mass is 10.2. The van der Waals surface area contributed by atoms with Crippen LogP contribution < -0.4 is 5.32 Å². The zero-order valence-electron chi connectivity index (χ0n) is 14.9. The molecule has 0 unspecified atom stereocenters. The van der Waals surface area contributed by atoms with Gasteiger partial charge in [-0.1, -0.05) is 0 Å². The number of nitrogens with zero attached hydrogens (tertiary/aromatic N) is 2. The summed E-state index contributed by atoms with van der Waals surface area (Å²) in [7, 11) is 0. The number of hydrogen-bond acceptors (Lipinski definition) is 5. The van der Waals surface area contributed by atoms with Crippen LogP contribution in [0, 0.1) is 0 Å². The van der Waals surface area contributed by atoms with Crippen LogP contribution in [-0.4, -0.2) is 71.8 Å². The largest absolute Gasteiger partial charge is 0.444 e. The van der Waals surface area contributed by atoms with Gasteiger partial charge in [-0.3, -0.25) is 9.59 Å². The molecule has 0 aromatic heterocycles. The molecule has 0 aromatic rings. The van der Waals surface area contributed by atoms with E-state index in [0.717, 1.165) is 0 Å². The summed E-state index contributed by atoms with van der Waals surface area (Å²) in [6.45, 7) is 8.28. The van der Waals surface area contributed by atoms with Crippen LogP contribution in [0.1, 0.15) is 40.5 Å². The van der Waals surface area contributed by atoms with Crippen molar-refractivity contribution in [3.05, 3.63) is 0 Å². The lowest BCUT2D eigenvalue weighted by Crippen LogP contribution is -2.52. The van der Waals surface area contributed by atoms with Gasteiger partial charge < -0.3 is 24.6 Å². The van der Waals surface area contributed by atoms with Crippen LogP contribution in [-0.2, 0) is 19.1 Å². The highest BCUT2D eigenvalue weighted by Gasteiger charge is 2.24. The van der Waals surface area contributed by atoms with Gasteiger partial charge >= 0.3 is 6.09 Å². The molecule has 1 fully saturated rings. The third kappa shape index (κ3) is 7.43. The van der Waals surface area contributed by atoms with Gasteiger partial charge in [-0.25, -0.2) is 4.79 Å². The van der Waals surface area contributed by atoms with E-state index in [4.69, 9.17) is 4.74 Å². The molecule has 1 saturated heterocycles. The van der Waals surface area contributed by atoms with Crippen molar-refractivity contribution >= 4 is 23.7 Å². The van der Waals surface area contributed by atoms with E-state index in [-0.39, 0.29) is 37.0 Å². The first-order valence-electron chi connectivity index (χ1n) is 8.10. The molecule has 0 saturated carbocycles. The number of alkyl carbamates (subject to hydrolysis) is 1. The van der Waals surface area contributed by atoms with Crippen LogP contribution in [0.5, 0.6) is 0 Å². The van der Waals surface area contributed by atoms with Gasteiger partial charge in [-0.15, -0.1) is 0 Å². The number of carbonyl (C=O) groups is 4. The maximum atomic E-state index is 12.1. The van der Waals surface area contributed by atoms with Crippen LogP contribution in [0.2, 0.25) is 0 Å². The molecule has 24 heavy (non-hydrogen) atoms. The maximum Gasteiger partial charge on any atom is 0.408 e. The molecular weight excluding hydrogens is 314 g/mol. The van der Waals surface area contributed by atoms with Gasteiger partial charge in [0, 0.05) is 39.0 Å². The van der Waals surface area contributed by atoms with Crippen molar-refractivity contribution in [3.8, 4) is 0 Å². The SMILES string of the molecule is CC(=O)CCC(=O)N1CCN(C(=O)CNC(=O)OC(C)(C)C)CC1. The van der Waals surface area contributed by atoms with E-state index in [1.165, 1.54) is 6.92 Å². The minimum Gasteiger partial charge on any atom is -0.444 e. The summed E-state index contributed by atoms with van der Waals surface area (Å²) in [5.74, 6) is -0.286. The van der Waals surface area contributed by atoms with Crippen molar-refractivity contribution < 1.29 is 23.9 Å². The highest BCUT2D eigenvalue weighted by atomic mass is 16.6. The standard InChI is InChI=1S/C16H27N3O5/c1-12(20)5-6-13(21)18-7-9-19(10-8-18)14(22)11-17-15(23)24-16(2,3)4/h5-11H2,1-4H3,(H,17,23). The monoisotopic (exact) mass is 341 g/mol. The molecule has 3 amide bonds. The van der Waals surface area contributed by atoms with Crippen molar-refractivity contribution in [2.45, 2.75) is 46.1 Å². The Morgan fingerprint density at radius 1 is 0.917 bits per heavy atom. The van der Waals surface area contributed by atoms with Crippen LogP contribution in [0.3, 0.4) is 0 Å². The number of ether oxygens (including phenoxy) is 1. The molecule has 1 aliphatic heterocycles. The minimum atomic E-state index is -0.631. The van der Waals surface area contributed by atoms with E-state index >= 15 is 0 Å². The Morgan fingerprint density at radius 3 is 1.88 bits per heavy atom. The molecule has 0 spiro atoms. The zero-order valence-corrected chi connectivity index (χ0v) is 14.9. The Bertz CT molecular complexity index is 490. The average molecular weight is 341 g/mol. The first-order valence-corrected chi connectivity index (χ1v) is 8.10. The van der Waals surface area contributed by atoms with Gasteiger partial charge in [0.15, 0.2) is 0 Å². The van der Waals surface area contributed by atoms with E-state index in [1.807, 2.05) is 0 Å². The predicted molar refractivity (Wildman–Crippen MR) is 87.3 cm³/mol. The number of rotatable bonds is 5. The highest BCUT2D eigenvalue weighted by molar-refractivity contribution is 5.84. The number of amides is 3. The molecule has 1 aliphatic rings. The number of hydrogen-bond donors (Lipinski definition) is 1. The van der Waals surface area contributed by atoms with Crippen molar-refractivity contribution in [3.63, 3.8) is 0 Å². The maximum absolute atomic E-state index is 12.1. The third-order valence-electron chi connectivity index (χ3n) is 3.46. The Labute approximate surface area is 142 Å². The summed E-state index contributed by atoms with van der Waals surface area (Å²) in [5.41, 5.74) is -0.612. The fraction of sp³-hybridized carbons (Fsp3) is 0.750. The highest BCUT2D eigenvalue weighted by Crippen LogP contribution is 2.07. The van der Waals surface area contributed by atoms with Crippen LogP contribution in [0.15, 0.2) is 0 Å². The smallest absolute Gasteiger partial charge is 0.408 e. The molecule has 0 radical (unpaired) electrons. The van der Waals surface area contributed by atoms with E-state index in [9.17, 15) is 19.2 Å². The van der Waals surface area contributed by atoms with Crippen molar-refractivity contribution in [2.75, 3.05) is 32.7 Å². The summed E-state index contributed by atoms with van der Waals surface area (Å²) in [6.07, 6.45) is -0.171. The van der Waals surface area contributed by atoms with Gasteiger partial charge in [-0.2, -0.15) is 0 Å². The number of nitrogens with one attached hydrogen (secondary N) is 1. The van der Waals surface area contributed by atoms with Crippen molar-refractivity contribution in [1.82, 2.24) is 15.1 Å². The molecule has 1 rings (SSSR count). The summed E-state index contributed by atoms with van der Waals surface area (Å²) in [4.78, 5) is 49.7. The molecule has 0 bridgehead atoms.